The summed E-state index contributed by atoms with van der Waals surface area (Å²) < 4.78 is 12.9. The van der Waals surface area contributed by atoms with Gasteiger partial charge in [0.25, 0.3) is 0 Å². The normalized spacial score (nSPS) is 16.6. The van der Waals surface area contributed by atoms with E-state index >= 15 is 0 Å². The van der Waals surface area contributed by atoms with Gasteiger partial charge in [0.05, 0.1) is 0 Å². The Morgan fingerprint density at radius 3 is 2.89 bits per heavy atom. The Kier molecular flexibility index (Phi) is 5.03. The minimum absolute atomic E-state index is 0.0123. The predicted octanol–water partition coefficient (Wildman–Crippen LogP) is 2.30. The van der Waals surface area contributed by atoms with E-state index in [0.717, 1.165) is 24.3 Å². The highest BCUT2D eigenvalue weighted by molar-refractivity contribution is 5.83. The molecule has 2 aromatic rings. The molecule has 7 heteroatoms. The number of nitrogens with zero attached hydrogens (tertiary/aromatic N) is 3. The summed E-state index contributed by atoms with van der Waals surface area (Å²) in [4.78, 5) is 14.7. The summed E-state index contributed by atoms with van der Waals surface area (Å²) in [5, 5.41) is 7.47. The minimum Gasteiger partial charge on any atom is -0.454 e. The molecule has 1 aliphatic heterocycles. The fraction of sp³-hybridized carbons (Fsp3) is 0.500. The molecule has 0 bridgehead atoms. The van der Waals surface area contributed by atoms with Gasteiger partial charge in [0.1, 0.15) is 6.04 Å². The van der Waals surface area contributed by atoms with Gasteiger partial charge < -0.3 is 14.8 Å². The van der Waals surface area contributed by atoms with E-state index < -0.39 is 0 Å². The fourth-order valence-electron chi connectivity index (χ4n) is 3.56. The van der Waals surface area contributed by atoms with E-state index in [1.165, 1.54) is 18.5 Å². The molecule has 1 amide bonds. The summed E-state index contributed by atoms with van der Waals surface area (Å²) in [5.74, 6) is 2.09. The maximum Gasteiger partial charge on any atom is 0.241 e. The maximum atomic E-state index is 12.8. The van der Waals surface area contributed by atoms with Gasteiger partial charge in [-0.2, -0.15) is 5.10 Å². The molecule has 1 aromatic heterocycles. The molecule has 27 heavy (non-hydrogen) atoms. The van der Waals surface area contributed by atoms with Crippen LogP contribution >= 0.6 is 0 Å². The zero-order chi connectivity index (χ0) is 18.8. The SMILES string of the molecule is CN(C)[C@@H](C(=O)NCCCn1nccc1C1CC1)c1ccc2c(c1)OCO2. The van der Waals surface area contributed by atoms with Crippen LogP contribution in [0.3, 0.4) is 0 Å². The van der Waals surface area contributed by atoms with Gasteiger partial charge in [0.15, 0.2) is 11.5 Å². The molecular formula is C20H26N4O3. The van der Waals surface area contributed by atoms with Crippen LogP contribution in [0.25, 0.3) is 0 Å². The van der Waals surface area contributed by atoms with Crippen LogP contribution in [0.1, 0.15) is 42.5 Å². The van der Waals surface area contributed by atoms with Crippen LogP contribution in [0.5, 0.6) is 11.5 Å². The molecule has 0 unspecified atom stereocenters. The second kappa shape index (κ2) is 7.60. The Bertz CT molecular complexity index is 813. The van der Waals surface area contributed by atoms with E-state index in [1.807, 2.05) is 43.4 Å². The second-order valence-electron chi connectivity index (χ2n) is 7.38. The molecular weight excluding hydrogens is 344 g/mol. The van der Waals surface area contributed by atoms with Gasteiger partial charge in [-0.1, -0.05) is 6.07 Å². The lowest BCUT2D eigenvalue weighted by atomic mass is 10.0. The number of likely N-dealkylation sites (N-methyl/N-ethyl adjacent to an activating group) is 1. The smallest absolute Gasteiger partial charge is 0.241 e. The summed E-state index contributed by atoms with van der Waals surface area (Å²) in [6.07, 6.45) is 5.26. The highest BCUT2D eigenvalue weighted by Gasteiger charge is 2.27. The summed E-state index contributed by atoms with van der Waals surface area (Å²) in [5.41, 5.74) is 2.22. The third-order valence-corrected chi connectivity index (χ3v) is 5.07. The molecule has 1 saturated carbocycles. The quantitative estimate of drug-likeness (QED) is 0.722. The Hall–Kier alpha value is -2.54. The van der Waals surface area contributed by atoms with Crippen molar-refractivity contribution in [2.24, 2.45) is 0 Å². The Morgan fingerprint density at radius 2 is 2.11 bits per heavy atom. The van der Waals surface area contributed by atoms with Gasteiger partial charge in [-0.3, -0.25) is 14.4 Å². The molecule has 0 saturated heterocycles. The van der Waals surface area contributed by atoms with Gasteiger partial charge >= 0.3 is 0 Å². The summed E-state index contributed by atoms with van der Waals surface area (Å²) >= 11 is 0. The lowest BCUT2D eigenvalue weighted by Gasteiger charge is -2.24. The van der Waals surface area contributed by atoms with Gasteiger partial charge in [-0.15, -0.1) is 0 Å². The van der Waals surface area contributed by atoms with Gasteiger partial charge in [0, 0.05) is 30.9 Å². The van der Waals surface area contributed by atoms with Gasteiger partial charge in [-0.05, 0) is 57.1 Å². The van der Waals surface area contributed by atoms with E-state index in [9.17, 15) is 4.79 Å². The first-order valence-corrected chi connectivity index (χ1v) is 9.49. The molecule has 0 spiro atoms. The van der Waals surface area contributed by atoms with Crippen molar-refractivity contribution in [1.82, 2.24) is 20.0 Å². The molecule has 2 aliphatic rings. The van der Waals surface area contributed by atoms with Crippen LogP contribution < -0.4 is 14.8 Å². The molecule has 0 radical (unpaired) electrons. The molecule has 7 nitrogen and oxygen atoms in total. The standard InChI is InChI=1S/C20H26N4O3/c1-23(2)19(15-6-7-17-18(12-15)27-13-26-17)20(25)21-9-3-11-24-16(8-10-22-24)14-4-5-14/h6-8,10,12,14,19H,3-5,9,11,13H2,1-2H3,(H,21,25)/t19-/m1/s1. The molecule has 144 valence electrons. The second-order valence-corrected chi connectivity index (χ2v) is 7.38. The van der Waals surface area contributed by atoms with Crippen LogP contribution in [0.4, 0.5) is 0 Å². The maximum absolute atomic E-state index is 12.8. The largest absolute Gasteiger partial charge is 0.454 e. The van der Waals surface area contributed by atoms with Crippen molar-refractivity contribution < 1.29 is 14.3 Å². The number of aromatic nitrogens is 2. The van der Waals surface area contributed by atoms with Crippen molar-refractivity contribution in [1.29, 1.82) is 0 Å². The van der Waals surface area contributed by atoms with E-state index in [4.69, 9.17) is 9.47 Å². The molecule has 4 rings (SSSR count). The number of carbonyl (C=O) groups is 1. The van der Waals surface area contributed by atoms with Crippen LogP contribution in [-0.4, -0.2) is 48.0 Å². The summed E-state index contributed by atoms with van der Waals surface area (Å²) in [7, 11) is 3.81. The first kappa shape index (κ1) is 17.9. The average molecular weight is 370 g/mol. The molecule has 1 aliphatic carbocycles. The van der Waals surface area contributed by atoms with E-state index in [2.05, 4.69) is 21.2 Å². The summed E-state index contributed by atoms with van der Waals surface area (Å²) in [6.45, 7) is 1.68. The third kappa shape index (κ3) is 3.93. The van der Waals surface area contributed by atoms with Crippen molar-refractivity contribution in [3.63, 3.8) is 0 Å². The number of carbonyl (C=O) groups excluding carboxylic acids is 1. The van der Waals surface area contributed by atoms with Crippen LogP contribution in [0, 0.1) is 0 Å². The number of ether oxygens (including phenoxy) is 2. The number of hydrogen-bond donors (Lipinski definition) is 1. The fourth-order valence-corrected chi connectivity index (χ4v) is 3.56. The predicted molar refractivity (Wildman–Crippen MR) is 101 cm³/mol. The van der Waals surface area contributed by atoms with Crippen molar-refractivity contribution in [2.45, 2.75) is 37.8 Å². The van der Waals surface area contributed by atoms with Crippen molar-refractivity contribution in [3.05, 3.63) is 41.7 Å². The first-order valence-electron chi connectivity index (χ1n) is 9.49. The molecule has 1 fully saturated rings. The number of nitrogens with one attached hydrogen (secondary N) is 1. The summed E-state index contributed by atoms with van der Waals surface area (Å²) in [6, 6.07) is 7.41. The molecule has 1 atom stereocenters. The van der Waals surface area contributed by atoms with Gasteiger partial charge in [0.2, 0.25) is 12.7 Å². The Balaban J connectivity index is 1.33. The highest BCUT2D eigenvalue weighted by atomic mass is 16.7. The minimum atomic E-state index is -0.369. The van der Waals surface area contributed by atoms with Crippen molar-refractivity contribution in [3.8, 4) is 11.5 Å². The number of benzene rings is 1. The molecule has 1 N–H and O–H groups in total. The van der Waals surface area contributed by atoms with E-state index in [-0.39, 0.29) is 18.7 Å². The topological polar surface area (TPSA) is 68.6 Å². The number of rotatable bonds is 8. The lowest BCUT2D eigenvalue weighted by Crippen LogP contribution is -2.37. The highest BCUT2D eigenvalue weighted by Crippen LogP contribution is 2.39. The van der Waals surface area contributed by atoms with E-state index in [0.29, 0.717) is 18.2 Å². The number of hydrogen-bond acceptors (Lipinski definition) is 5. The zero-order valence-electron chi connectivity index (χ0n) is 15.9. The van der Waals surface area contributed by atoms with Crippen LogP contribution in [0.15, 0.2) is 30.5 Å². The number of fused-ring (bicyclic) bond motifs is 1. The molecule has 1 aromatic carbocycles. The van der Waals surface area contributed by atoms with Crippen LogP contribution in [0.2, 0.25) is 0 Å². The number of aryl methyl sites for hydroxylation is 1. The van der Waals surface area contributed by atoms with Gasteiger partial charge in [-0.25, -0.2) is 0 Å². The molecule has 2 heterocycles. The van der Waals surface area contributed by atoms with Crippen molar-refractivity contribution in [2.75, 3.05) is 27.4 Å². The average Bonchev–Trinajstić information content (AvgIpc) is 3.19. The van der Waals surface area contributed by atoms with Crippen LogP contribution in [-0.2, 0) is 11.3 Å². The zero-order valence-corrected chi connectivity index (χ0v) is 15.9. The third-order valence-electron chi connectivity index (χ3n) is 5.07. The monoisotopic (exact) mass is 370 g/mol. The lowest BCUT2D eigenvalue weighted by molar-refractivity contribution is -0.125. The first-order chi connectivity index (χ1) is 13.1. The van der Waals surface area contributed by atoms with E-state index in [1.54, 1.807) is 0 Å². The Morgan fingerprint density at radius 1 is 1.30 bits per heavy atom. The van der Waals surface area contributed by atoms with Crippen molar-refractivity contribution >= 4 is 5.91 Å². The number of amides is 1. The Labute approximate surface area is 159 Å².